The highest BCUT2D eigenvalue weighted by molar-refractivity contribution is 7.26. The first-order valence-electron chi connectivity index (χ1n) is 20.2. The van der Waals surface area contributed by atoms with Gasteiger partial charge in [-0.1, -0.05) is 182 Å². The second-order valence-electron chi connectivity index (χ2n) is 15.2. The number of benzene rings is 9. The van der Waals surface area contributed by atoms with E-state index in [9.17, 15) is 0 Å². The molecule has 0 spiro atoms. The number of hydrogen-bond donors (Lipinski definition) is 0. The van der Waals surface area contributed by atoms with E-state index >= 15 is 0 Å². The summed E-state index contributed by atoms with van der Waals surface area (Å²) in [5, 5.41) is 7.50. The summed E-state index contributed by atoms with van der Waals surface area (Å²) >= 11 is 1.87. The Morgan fingerprint density at radius 3 is 1.70 bits per heavy atom. The zero-order chi connectivity index (χ0) is 39.6. The van der Waals surface area contributed by atoms with Gasteiger partial charge in [-0.15, -0.1) is 11.3 Å². The molecule has 4 nitrogen and oxygen atoms in total. The van der Waals surface area contributed by atoms with Gasteiger partial charge in [0.1, 0.15) is 0 Å². The Bertz CT molecular complexity index is 3590. The number of hydrogen-bond acceptors (Lipinski definition) is 4. The number of rotatable bonds is 6. The number of fused-ring (bicyclic) bond motifs is 8. The minimum absolute atomic E-state index is 0.620. The van der Waals surface area contributed by atoms with Gasteiger partial charge in [0.2, 0.25) is 0 Å². The molecule has 9 aromatic carbocycles. The maximum absolute atomic E-state index is 5.18. The quantitative estimate of drug-likeness (QED) is 0.169. The first-order chi connectivity index (χ1) is 29.7. The maximum atomic E-state index is 5.18. The van der Waals surface area contributed by atoms with Crippen molar-refractivity contribution in [1.82, 2.24) is 19.5 Å². The molecule has 12 rings (SSSR count). The van der Waals surface area contributed by atoms with Gasteiger partial charge in [0.05, 0.1) is 11.0 Å². The van der Waals surface area contributed by atoms with Crippen molar-refractivity contribution in [2.45, 2.75) is 0 Å². The lowest BCUT2D eigenvalue weighted by molar-refractivity contribution is 1.07. The van der Waals surface area contributed by atoms with Crippen LogP contribution in [0.5, 0.6) is 0 Å². The normalized spacial score (nSPS) is 11.7. The summed E-state index contributed by atoms with van der Waals surface area (Å²) in [7, 11) is 0. The molecule has 3 aromatic heterocycles. The second-order valence-corrected chi connectivity index (χ2v) is 16.2. The second kappa shape index (κ2) is 14.0. The van der Waals surface area contributed by atoms with Gasteiger partial charge in [0.15, 0.2) is 17.5 Å². The van der Waals surface area contributed by atoms with Crippen molar-refractivity contribution in [3.8, 4) is 62.1 Å². The third-order valence-electron chi connectivity index (χ3n) is 11.7. The van der Waals surface area contributed by atoms with Crippen molar-refractivity contribution < 1.29 is 0 Å². The molecular formula is C55H34N4S. The molecule has 0 aliphatic heterocycles. The first kappa shape index (κ1) is 34.3. The topological polar surface area (TPSA) is 43.6 Å². The van der Waals surface area contributed by atoms with E-state index in [-0.39, 0.29) is 0 Å². The van der Waals surface area contributed by atoms with Gasteiger partial charge in [-0.05, 0) is 46.2 Å². The van der Waals surface area contributed by atoms with Crippen LogP contribution in [0.2, 0.25) is 0 Å². The maximum Gasteiger partial charge on any atom is 0.164 e. The Hall–Kier alpha value is -7.73. The highest BCUT2D eigenvalue weighted by Crippen LogP contribution is 2.45. The van der Waals surface area contributed by atoms with Crippen LogP contribution in [0.4, 0.5) is 0 Å². The lowest BCUT2D eigenvalue weighted by Crippen LogP contribution is -2.01. The minimum atomic E-state index is 0.620. The summed E-state index contributed by atoms with van der Waals surface area (Å²) < 4.78 is 5.04. The fourth-order valence-electron chi connectivity index (χ4n) is 8.86. The summed E-state index contributed by atoms with van der Waals surface area (Å²) in [4.78, 5) is 15.4. The van der Waals surface area contributed by atoms with E-state index in [2.05, 4.69) is 187 Å². The van der Waals surface area contributed by atoms with E-state index in [4.69, 9.17) is 15.0 Å². The van der Waals surface area contributed by atoms with E-state index in [0.29, 0.717) is 17.5 Å². The molecule has 0 saturated carbocycles. The Kier molecular flexibility index (Phi) is 8.00. The average molecular weight is 783 g/mol. The minimum Gasteiger partial charge on any atom is -0.309 e. The number of nitrogens with zero attached hydrogens (tertiary/aromatic N) is 4. The van der Waals surface area contributed by atoms with E-state index in [0.717, 1.165) is 33.5 Å². The molecule has 0 saturated heterocycles. The number of para-hydroxylation sites is 1. The molecule has 0 bridgehead atoms. The standard InChI is InChI=1S/C55H34N4S/c1-3-14-35(15-4-1)36-28-30-39(31-29-36)54-56-53(38-17-5-2-6-18-38)57-55(58-54)40-19-11-20-41(34-40)59-48-33-32-37-16-7-8-21-42(37)50(48)47-26-12-23-44(51(47)59)46-25-13-24-45-43-22-9-10-27-49(43)60-52(45)46/h1-34H. The Morgan fingerprint density at radius 1 is 0.367 bits per heavy atom. The van der Waals surface area contributed by atoms with Gasteiger partial charge in [-0.25, -0.2) is 15.0 Å². The van der Waals surface area contributed by atoms with E-state index < -0.39 is 0 Å². The molecule has 0 aliphatic rings. The monoisotopic (exact) mass is 782 g/mol. The highest BCUT2D eigenvalue weighted by Gasteiger charge is 2.21. The predicted molar refractivity (Wildman–Crippen MR) is 252 cm³/mol. The molecule has 60 heavy (non-hydrogen) atoms. The summed E-state index contributed by atoms with van der Waals surface area (Å²) in [6.45, 7) is 0. The lowest BCUT2D eigenvalue weighted by Gasteiger charge is -2.14. The van der Waals surface area contributed by atoms with Crippen LogP contribution in [0.3, 0.4) is 0 Å². The van der Waals surface area contributed by atoms with Crippen molar-refractivity contribution in [3.05, 3.63) is 206 Å². The summed E-state index contributed by atoms with van der Waals surface area (Å²) in [5.74, 6) is 1.88. The van der Waals surface area contributed by atoms with E-state index in [1.807, 2.05) is 35.6 Å². The molecule has 3 heterocycles. The number of aromatic nitrogens is 4. The van der Waals surface area contributed by atoms with Gasteiger partial charge >= 0.3 is 0 Å². The van der Waals surface area contributed by atoms with Crippen LogP contribution < -0.4 is 0 Å². The molecule has 0 N–H and O–H groups in total. The molecule has 0 aliphatic carbocycles. The fourth-order valence-corrected chi connectivity index (χ4v) is 10.1. The zero-order valence-corrected chi connectivity index (χ0v) is 33.1. The summed E-state index contributed by atoms with van der Waals surface area (Å²) in [6.07, 6.45) is 0. The highest BCUT2D eigenvalue weighted by atomic mass is 32.1. The van der Waals surface area contributed by atoms with Crippen LogP contribution in [0.1, 0.15) is 0 Å². The molecule has 5 heteroatoms. The number of thiophene rings is 1. The summed E-state index contributed by atoms with van der Waals surface area (Å²) in [5.41, 5.74) is 10.9. The van der Waals surface area contributed by atoms with Crippen LogP contribution in [0, 0.1) is 0 Å². The SMILES string of the molecule is c1ccc(-c2ccc(-c3nc(-c4ccccc4)nc(-c4cccc(-n5c6ccc7ccccc7c6c6cccc(-c7cccc8c7sc7ccccc78)c65)c4)n3)cc2)cc1. The van der Waals surface area contributed by atoms with Gasteiger partial charge in [-0.3, -0.25) is 0 Å². The average Bonchev–Trinajstić information content (AvgIpc) is 3.89. The van der Waals surface area contributed by atoms with Crippen LogP contribution in [0.15, 0.2) is 206 Å². The molecule has 0 amide bonds. The third-order valence-corrected chi connectivity index (χ3v) is 12.9. The molecule has 0 unspecified atom stereocenters. The molecule has 280 valence electrons. The van der Waals surface area contributed by atoms with Crippen molar-refractivity contribution >= 4 is 64.1 Å². The predicted octanol–water partition coefficient (Wildman–Crippen LogP) is 14.8. The Labute approximate surface area is 350 Å². The third kappa shape index (κ3) is 5.63. The smallest absolute Gasteiger partial charge is 0.164 e. The largest absolute Gasteiger partial charge is 0.309 e. The van der Waals surface area contributed by atoms with Crippen molar-refractivity contribution in [1.29, 1.82) is 0 Å². The lowest BCUT2D eigenvalue weighted by atomic mass is 9.98. The molecule has 0 atom stereocenters. The Balaban J connectivity index is 1.08. The first-order valence-corrected chi connectivity index (χ1v) is 21.0. The molecule has 0 fully saturated rings. The fraction of sp³-hybridized carbons (Fsp3) is 0. The molecule has 0 radical (unpaired) electrons. The van der Waals surface area contributed by atoms with Gasteiger partial charge in [-0.2, -0.15) is 0 Å². The molecular weight excluding hydrogens is 749 g/mol. The Morgan fingerprint density at radius 2 is 0.917 bits per heavy atom. The van der Waals surface area contributed by atoms with E-state index in [1.165, 1.54) is 63.9 Å². The van der Waals surface area contributed by atoms with E-state index in [1.54, 1.807) is 0 Å². The van der Waals surface area contributed by atoms with Crippen LogP contribution >= 0.6 is 11.3 Å². The van der Waals surface area contributed by atoms with Gasteiger partial charge < -0.3 is 4.57 Å². The van der Waals surface area contributed by atoms with Gasteiger partial charge in [0.25, 0.3) is 0 Å². The van der Waals surface area contributed by atoms with Crippen LogP contribution in [0.25, 0.3) is 115 Å². The van der Waals surface area contributed by atoms with Crippen molar-refractivity contribution in [2.75, 3.05) is 0 Å². The molecule has 12 aromatic rings. The summed E-state index contributed by atoms with van der Waals surface area (Å²) in [6, 6.07) is 73.3. The van der Waals surface area contributed by atoms with Crippen molar-refractivity contribution in [3.63, 3.8) is 0 Å². The van der Waals surface area contributed by atoms with Crippen LogP contribution in [-0.2, 0) is 0 Å². The zero-order valence-electron chi connectivity index (χ0n) is 32.3. The van der Waals surface area contributed by atoms with Crippen molar-refractivity contribution in [2.24, 2.45) is 0 Å². The van der Waals surface area contributed by atoms with Crippen LogP contribution in [-0.4, -0.2) is 19.5 Å². The van der Waals surface area contributed by atoms with Gasteiger partial charge in [0, 0.05) is 64.4 Å².